The fourth-order valence-electron chi connectivity index (χ4n) is 1.80. The van der Waals surface area contributed by atoms with Gasteiger partial charge in [-0.2, -0.15) is 0 Å². The molecule has 0 radical (unpaired) electrons. The van der Waals surface area contributed by atoms with Gasteiger partial charge in [-0.05, 0) is 52.3 Å². The van der Waals surface area contributed by atoms with Gasteiger partial charge in [-0.3, -0.25) is 4.79 Å². The highest BCUT2D eigenvalue weighted by Crippen LogP contribution is 2.23. The first kappa shape index (κ1) is 15.6. The summed E-state index contributed by atoms with van der Waals surface area (Å²) in [6.07, 6.45) is 0.425. The third kappa shape index (κ3) is 3.67. The maximum absolute atomic E-state index is 13.8. The molecule has 0 saturated heterocycles. The SMILES string of the molecule is CCC(=O)c1ccc(OCc2c(F)ccc(Br)c2F)cc1. The van der Waals surface area contributed by atoms with Crippen molar-refractivity contribution in [1.29, 1.82) is 0 Å². The van der Waals surface area contributed by atoms with Gasteiger partial charge in [-0.1, -0.05) is 6.92 Å². The second kappa shape index (κ2) is 6.80. The lowest BCUT2D eigenvalue weighted by Crippen LogP contribution is -2.03. The zero-order valence-electron chi connectivity index (χ0n) is 11.3. The van der Waals surface area contributed by atoms with Crippen molar-refractivity contribution < 1.29 is 18.3 Å². The number of carbonyl (C=O) groups is 1. The molecule has 0 aromatic heterocycles. The lowest BCUT2D eigenvalue weighted by Gasteiger charge is -2.09. The van der Waals surface area contributed by atoms with E-state index in [1.807, 2.05) is 0 Å². The van der Waals surface area contributed by atoms with E-state index < -0.39 is 11.6 Å². The van der Waals surface area contributed by atoms with E-state index >= 15 is 0 Å². The highest BCUT2D eigenvalue weighted by atomic mass is 79.9. The van der Waals surface area contributed by atoms with E-state index in [0.29, 0.717) is 17.7 Å². The van der Waals surface area contributed by atoms with Crippen molar-refractivity contribution in [1.82, 2.24) is 0 Å². The molecule has 0 atom stereocenters. The molecule has 0 amide bonds. The third-order valence-electron chi connectivity index (χ3n) is 3.02. The minimum Gasteiger partial charge on any atom is -0.489 e. The standard InChI is InChI=1S/C16H13BrF2O2/c1-2-15(20)10-3-5-11(6-4-10)21-9-12-14(18)8-7-13(17)16(12)19/h3-8H,2,9H2,1H3. The largest absolute Gasteiger partial charge is 0.489 e. The lowest BCUT2D eigenvalue weighted by atomic mass is 10.1. The van der Waals surface area contributed by atoms with Crippen LogP contribution in [0.4, 0.5) is 8.78 Å². The molecule has 0 unspecified atom stereocenters. The first-order valence-electron chi connectivity index (χ1n) is 6.41. The summed E-state index contributed by atoms with van der Waals surface area (Å²) in [6.45, 7) is 1.56. The average Bonchev–Trinajstić information content (AvgIpc) is 2.51. The van der Waals surface area contributed by atoms with E-state index in [-0.39, 0.29) is 22.4 Å². The van der Waals surface area contributed by atoms with Crippen LogP contribution < -0.4 is 4.74 Å². The van der Waals surface area contributed by atoms with Crippen molar-refractivity contribution in [2.45, 2.75) is 20.0 Å². The quantitative estimate of drug-likeness (QED) is 0.563. The van der Waals surface area contributed by atoms with E-state index in [0.717, 1.165) is 0 Å². The minimum atomic E-state index is -0.673. The van der Waals surface area contributed by atoms with Gasteiger partial charge in [0.1, 0.15) is 24.0 Å². The lowest BCUT2D eigenvalue weighted by molar-refractivity contribution is 0.0988. The second-order valence-electron chi connectivity index (χ2n) is 4.41. The molecule has 0 aliphatic heterocycles. The Morgan fingerprint density at radius 3 is 2.43 bits per heavy atom. The number of hydrogen-bond donors (Lipinski definition) is 0. The molecule has 21 heavy (non-hydrogen) atoms. The van der Waals surface area contributed by atoms with E-state index in [1.165, 1.54) is 12.1 Å². The van der Waals surface area contributed by atoms with Gasteiger partial charge in [0.05, 0.1) is 10.0 Å². The number of ether oxygens (including phenoxy) is 1. The molecule has 0 spiro atoms. The van der Waals surface area contributed by atoms with Crippen LogP contribution in [0.3, 0.4) is 0 Å². The highest BCUT2D eigenvalue weighted by molar-refractivity contribution is 9.10. The minimum absolute atomic E-state index is 0.0330. The van der Waals surface area contributed by atoms with E-state index in [4.69, 9.17) is 4.74 Å². The van der Waals surface area contributed by atoms with E-state index in [2.05, 4.69) is 15.9 Å². The summed E-state index contributed by atoms with van der Waals surface area (Å²) in [6, 6.07) is 8.96. The predicted octanol–water partition coefficient (Wildman–Crippen LogP) is 4.90. The van der Waals surface area contributed by atoms with Crippen LogP contribution in [0.1, 0.15) is 29.3 Å². The molecule has 0 heterocycles. The Labute approximate surface area is 129 Å². The van der Waals surface area contributed by atoms with Gasteiger partial charge >= 0.3 is 0 Å². The van der Waals surface area contributed by atoms with Crippen molar-refractivity contribution in [3.8, 4) is 5.75 Å². The van der Waals surface area contributed by atoms with Crippen LogP contribution in [0.25, 0.3) is 0 Å². The van der Waals surface area contributed by atoms with E-state index in [9.17, 15) is 13.6 Å². The van der Waals surface area contributed by atoms with Gasteiger partial charge in [0.15, 0.2) is 5.78 Å². The number of ketones is 1. The van der Waals surface area contributed by atoms with Crippen molar-refractivity contribution >= 4 is 21.7 Å². The Morgan fingerprint density at radius 1 is 1.14 bits per heavy atom. The topological polar surface area (TPSA) is 26.3 Å². The van der Waals surface area contributed by atoms with Crippen LogP contribution in [0, 0.1) is 11.6 Å². The molecule has 5 heteroatoms. The van der Waals surface area contributed by atoms with Crippen LogP contribution in [0.15, 0.2) is 40.9 Å². The van der Waals surface area contributed by atoms with Crippen LogP contribution >= 0.6 is 15.9 Å². The molecule has 0 fully saturated rings. The molecule has 0 aliphatic carbocycles. The highest BCUT2D eigenvalue weighted by Gasteiger charge is 2.13. The normalized spacial score (nSPS) is 10.5. The molecular weight excluding hydrogens is 342 g/mol. The molecule has 2 rings (SSSR count). The van der Waals surface area contributed by atoms with Crippen LogP contribution in [0.5, 0.6) is 5.75 Å². The number of Topliss-reactive ketones (excluding diaryl/α,β-unsaturated/α-hetero) is 1. The molecule has 2 aromatic rings. The Kier molecular flexibility index (Phi) is 5.07. The third-order valence-corrected chi connectivity index (χ3v) is 3.63. The van der Waals surface area contributed by atoms with Crippen molar-refractivity contribution in [2.75, 3.05) is 0 Å². The monoisotopic (exact) mass is 354 g/mol. The number of benzene rings is 2. The first-order valence-corrected chi connectivity index (χ1v) is 7.20. The predicted molar refractivity (Wildman–Crippen MR) is 79.5 cm³/mol. The molecular formula is C16H13BrF2O2. The second-order valence-corrected chi connectivity index (χ2v) is 5.27. The van der Waals surface area contributed by atoms with Crippen molar-refractivity contribution in [2.24, 2.45) is 0 Å². The Hall–Kier alpha value is -1.75. The van der Waals surface area contributed by atoms with Gasteiger partial charge in [-0.15, -0.1) is 0 Å². The summed E-state index contributed by atoms with van der Waals surface area (Å²) in [7, 11) is 0. The summed E-state index contributed by atoms with van der Waals surface area (Å²) in [4.78, 5) is 11.5. The summed E-state index contributed by atoms with van der Waals surface area (Å²) >= 11 is 3.01. The Balaban J connectivity index is 2.10. The molecule has 0 aliphatic rings. The van der Waals surface area contributed by atoms with Crippen molar-refractivity contribution in [3.05, 3.63) is 63.6 Å². The van der Waals surface area contributed by atoms with E-state index in [1.54, 1.807) is 31.2 Å². The zero-order chi connectivity index (χ0) is 15.4. The molecule has 2 aromatic carbocycles. The number of halogens is 3. The number of carbonyl (C=O) groups excluding carboxylic acids is 1. The van der Waals surface area contributed by atoms with Crippen molar-refractivity contribution in [3.63, 3.8) is 0 Å². The Bertz CT molecular complexity index is 654. The zero-order valence-corrected chi connectivity index (χ0v) is 12.9. The molecule has 2 nitrogen and oxygen atoms in total. The van der Waals surface area contributed by atoms with Crippen LogP contribution in [0.2, 0.25) is 0 Å². The van der Waals surface area contributed by atoms with Gasteiger partial charge in [-0.25, -0.2) is 8.78 Å². The summed E-state index contributed by atoms with van der Waals surface area (Å²) in [5.74, 6) is -0.853. The molecule has 0 saturated carbocycles. The fourth-order valence-corrected chi connectivity index (χ4v) is 2.17. The van der Waals surface area contributed by atoms with Gasteiger partial charge in [0, 0.05) is 12.0 Å². The average molecular weight is 355 g/mol. The molecule has 0 N–H and O–H groups in total. The van der Waals surface area contributed by atoms with Crippen LogP contribution in [-0.2, 0) is 6.61 Å². The van der Waals surface area contributed by atoms with Gasteiger partial charge in [0.25, 0.3) is 0 Å². The summed E-state index contributed by atoms with van der Waals surface area (Å²) in [5.41, 5.74) is 0.447. The van der Waals surface area contributed by atoms with Gasteiger partial charge in [0.2, 0.25) is 0 Å². The van der Waals surface area contributed by atoms with Crippen LogP contribution in [-0.4, -0.2) is 5.78 Å². The Morgan fingerprint density at radius 2 is 1.81 bits per heavy atom. The summed E-state index contributed by atoms with van der Waals surface area (Å²) < 4.78 is 32.9. The number of rotatable bonds is 5. The molecule has 110 valence electrons. The maximum Gasteiger partial charge on any atom is 0.162 e. The smallest absolute Gasteiger partial charge is 0.162 e. The summed E-state index contributed by atoms with van der Waals surface area (Å²) in [5, 5.41) is 0. The maximum atomic E-state index is 13.8. The first-order chi connectivity index (χ1) is 10.0. The molecule has 0 bridgehead atoms. The number of hydrogen-bond acceptors (Lipinski definition) is 2. The van der Waals surface area contributed by atoms with Gasteiger partial charge < -0.3 is 4.74 Å². The fraction of sp³-hybridized carbons (Fsp3) is 0.188.